The lowest BCUT2D eigenvalue weighted by atomic mass is 9.97. The van der Waals surface area contributed by atoms with E-state index in [2.05, 4.69) is 85.3 Å². The van der Waals surface area contributed by atoms with E-state index < -0.39 is 0 Å². The molecule has 0 aliphatic carbocycles. The molecule has 0 amide bonds. The molecule has 0 saturated carbocycles. The number of benzene rings is 5. The zero-order valence-electron chi connectivity index (χ0n) is 14.7. The van der Waals surface area contributed by atoms with Crippen LogP contribution in [0.5, 0.6) is 0 Å². The van der Waals surface area contributed by atoms with Crippen molar-refractivity contribution in [3.8, 4) is 0 Å². The number of thioether (sulfide) groups is 2. The summed E-state index contributed by atoms with van der Waals surface area (Å²) in [7, 11) is 0. The van der Waals surface area contributed by atoms with Crippen molar-refractivity contribution in [2.45, 2.75) is 9.79 Å². The summed E-state index contributed by atoms with van der Waals surface area (Å²) in [6.45, 7) is 0. The minimum atomic E-state index is 1.31. The molecule has 5 rings (SSSR count). The molecule has 5 aromatic carbocycles. The Bertz CT molecular complexity index is 1200. The van der Waals surface area contributed by atoms with Crippen molar-refractivity contribution >= 4 is 66.6 Å². The fraction of sp³-hybridized carbons (Fsp3) is 0.0833. The van der Waals surface area contributed by atoms with Gasteiger partial charge < -0.3 is 0 Å². The fourth-order valence-corrected chi connectivity index (χ4v) is 5.08. The van der Waals surface area contributed by atoms with E-state index in [-0.39, 0.29) is 0 Å². The van der Waals surface area contributed by atoms with Crippen molar-refractivity contribution in [3.63, 3.8) is 0 Å². The van der Waals surface area contributed by atoms with Gasteiger partial charge in [0.1, 0.15) is 0 Å². The van der Waals surface area contributed by atoms with E-state index in [1.165, 1.54) is 52.9 Å². The standard InChI is InChI=1S/C24H18S2/c1-25-23-7-3-5-15-9-17-11-18-10-16-6-4-8-24(26-2)22(16)14-20(18)12-19(17)13-21(15)23/h3-14H,1-2H3. The summed E-state index contributed by atoms with van der Waals surface area (Å²) in [6.07, 6.45) is 4.30. The SMILES string of the molecule is CSc1cccc2cc3cc4cc5cccc(SC)c5cc4cc3cc12. The highest BCUT2D eigenvalue weighted by Crippen LogP contribution is 2.35. The summed E-state index contributed by atoms with van der Waals surface area (Å²) in [5.41, 5.74) is 0. The van der Waals surface area contributed by atoms with Gasteiger partial charge >= 0.3 is 0 Å². The average molecular weight is 371 g/mol. The Balaban J connectivity index is 1.87. The molecular formula is C24H18S2. The maximum Gasteiger partial charge on any atom is 0.0148 e. The van der Waals surface area contributed by atoms with Crippen LogP contribution >= 0.6 is 23.5 Å². The topological polar surface area (TPSA) is 0 Å². The van der Waals surface area contributed by atoms with Gasteiger partial charge in [-0.2, -0.15) is 0 Å². The van der Waals surface area contributed by atoms with Crippen LogP contribution in [0.2, 0.25) is 0 Å². The van der Waals surface area contributed by atoms with Gasteiger partial charge in [-0.05, 0) is 104 Å². The van der Waals surface area contributed by atoms with Gasteiger partial charge in [-0.15, -0.1) is 23.5 Å². The molecule has 0 bridgehead atoms. The smallest absolute Gasteiger partial charge is 0.0148 e. The van der Waals surface area contributed by atoms with Crippen molar-refractivity contribution in [1.82, 2.24) is 0 Å². The van der Waals surface area contributed by atoms with Gasteiger partial charge in [0.05, 0.1) is 0 Å². The van der Waals surface area contributed by atoms with Crippen LogP contribution in [0, 0.1) is 0 Å². The summed E-state index contributed by atoms with van der Waals surface area (Å²) in [4.78, 5) is 2.68. The molecule has 0 saturated heterocycles. The second-order valence-electron chi connectivity index (χ2n) is 6.61. The molecule has 0 aliphatic rings. The highest BCUT2D eigenvalue weighted by Gasteiger charge is 2.07. The van der Waals surface area contributed by atoms with E-state index in [9.17, 15) is 0 Å². The zero-order valence-corrected chi connectivity index (χ0v) is 16.4. The lowest BCUT2D eigenvalue weighted by Crippen LogP contribution is -1.83. The molecule has 0 heterocycles. The molecule has 0 nitrogen and oxygen atoms in total. The lowest BCUT2D eigenvalue weighted by molar-refractivity contribution is 1.56. The first-order chi connectivity index (χ1) is 12.8. The Kier molecular flexibility index (Phi) is 3.84. The molecule has 0 N–H and O–H groups in total. The summed E-state index contributed by atoms with van der Waals surface area (Å²) in [6, 6.07) is 27.2. The van der Waals surface area contributed by atoms with Crippen molar-refractivity contribution in [2.24, 2.45) is 0 Å². The molecule has 2 heteroatoms. The fourth-order valence-electron chi connectivity index (χ4n) is 3.85. The normalized spacial score (nSPS) is 11.8. The summed E-state index contributed by atoms with van der Waals surface area (Å²) < 4.78 is 0. The molecule has 26 heavy (non-hydrogen) atoms. The Morgan fingerprint density at radius 1 is 0.462 bits per heavy atom. The third-order valence-corrected chi connectivity index (χ3v) is 6.74. The largest absolute Gasteiger partial charge is 0.129 e. The number of hydrogen-bond acceptors (Lipinski definition) is 2. The van der Waals surface area contributed by atoms with Crippen LogP contribution in [0.3, 0.4) is 0 Å². The Hall–Kier alpha value is -2.16. The molecule has 0 fully saturated rings. The minimum Gasteiger partial charge on any atom is -0.129 e. The lowest BCUT2D eigenvalue weighted by Gasteiger charge is -2.10. The van der Waals surface area contributed by atoms with Gasteiger partial charge in [0, 0.05) is 9.79 Å². The van der Waals surface area contributed by atoms with Crippen molar-refractivity contribution < 1.29 is 0 Å². The van der Waals surface area contributed by atoms with Crippen LogP contribution in [0.25, 0.3) is 43.1 Å². The van der Waals surface area contributed by atoms with E-state index in [1.807, 2.05) is 23.5 Å². The van der Waals surface area contributed by atoms with Crippen LogP contribution in [-0.4, -0.2) is 12.5 Å². The monoisotopic (exact) mass is 370 g/mol. The van der Waals surface area contributed by atoms with E-state index in [4.69, 9.17) is 0 Å². The van der Waals surface area contributed by atoms with Gasteiger partial charge in [-0.3, -0.25) is 0 Å². The van der Waals surface area contributed by atoms with E-state index in [0.29, 0.717) is 0 Å². The van der Waals surface area contributed by atoms with Crippen LogP contribution < -0.4 is 0 Å². The average Bonchev–Trinajstić information content (AvgIpc) is 2.68. The summed E-state index contributed by atoms with van der Waals surface area (Å²) >= 11 is 3.63. The third kappa shape index (κ3) is 2.48. The van der Waals surface area contributed by atoms with Crippen molar-refractivity contribution in [1.29, 1.82) is 0 Å². The second kappa shape index (κ2) is 6.22. The first-order valence-corrected chi connectivity index (χ1v) is 11.1. The number of hydrogen-bond donors (Lipinski definition) is 0. The van der Waals surface area contributed by atoms with Gasteiger partial charge in [-0.1, -0.05) is 24.3 Å². The quantitative estimate of drug-likeness (QED) is 0.230. The van der Waals surface area contributed by atoms with Gasteiger partial charge in [0.2, 0.25) is 0 Å². The molecule has 0 spiro atoms. The zero-order chi connectivity index (χ0) is 17.7. The van der Waals surface area contributed by atoms with Gasteiger partial charge in [0.15, 0.2) is 0 Å². The molecule has 0 unspecified atom stereocenters. The van der Waals surface area contributed by atoms with E-state index in [1.54, 1.807) is 0 Å². The summed E-state index contributed by atoms with van der Waals surface area (Å²) in [5.74, 6) is 0. The molecule has 5 aromatic rings. The molecular weight excluding hydrogens is 352 g/mol. The second-order valence-corrected chi connectivity index (χ2v) is 8.31. The van der Waals surface area contributed by atoms with Crippen molar-refractivity contribution in [2.75, 3.05) is 12.5 Å². The maximum atomic E-state index is 2.35. The van der Waals surface area contributed by atoms with Crippen LogP contribution in [0.4, 0.5) is 0 Å². The molecule has 0 aromatic heterocycles. The van der Waals surface area contributed by atoms with Crippen molar-refractivity contribution in [3.05, 3.63) is 72.8 Å². The van der Waals surface area contributed by atoms with Gasteiger partial charge in [-0.25, -0.2) is 0 Å². The van der Waals surface area contributed by atoms with E-state index in [0.717, 1.165) is 0 Å². The molecule has 0 atom stereocenters. The molecule has 126 valence electrons. The Morgan fingerprint density at radius 3 is 1.27 bits per heavy atom. The maximum absolute atomic E-state index is 2.35. The number of rotatable bonds is 2. The first-order valence-electron chi connectivity index (χ1n) is 8.68. The molecule has 0 aliphatic heterocycles. The van der Waals surface area contributed by atoms with E-state index >= 15 is 0 Å². The Labute approximate surface area is 161 Å². The van der Waals surface area contributed by atoms with Crippen LogP contribution in [0.1, 0.15) is 0 Å². The van der Waals surface area contributed by atoms with Gasteiger partial charge in [0.25, 0.3) is 0 Å². The van der Waals surface area contributed by atoms with Crippen LogP contribution in [0.15, 0.2) is 82.6 Å². The highest BCUT2D eigenvalue weighted by atomic mass is 32.2. The minimum absolute atomic E-state index is 1.31. The third-order valence-electron chi connectivity index (χ3n) is 5.15. The summed E-state index contributed by atoms with van der Waals surface area (Å²) in [5, 5.41) is 10.6. The highest BCUT2D eigenvalue weighted by molar-refractivity contribution is 7.99. The van der Waals surface area contributed by atoms with Crippen LogP contribution in [-0.2, 0) is 0 Å². The molecule has 0 radical (unpaired) electrons. The number of fused-ring (bicyclic) bond motifs is 4. The predicted molar refractivity (Wildman–Crippen MR) is 120 cm³/mol. The predicted octanol–water partition coefficient (Wildman–Crippen LogP) is 7.74. The Morgan fingerprint density at radius 2 is 0.846 bits per heavy atom. The first kappa shape index (κ1) is 16.0.